The van der Waals surface area contributed by atoms with Crippen LogP contribution in [-0.4, -0.2) is 57.6 Å². The van der Waals surface area contributed by atoms with Gasteiger partial charge in [-0.15, -0.1) is 0 Å². The monoisotopic (exact) mass is 379 g/mol. The number of hydrogen-bond acceptors (Lipinski definition) is 4. The summed E-state index contributed by atoms with van der Waals surface area (Å²) in [6.07, 6.45) is 0.803. The zero-order valence-electron chi connectivity index (χ0n) is 16.4. The van der Waals surface area contributed by atoms with Gasteiger partial charge in [0.2, 0.25) is 0 Å². The zero-order chi connectivity index (χ0) is 19.3. The minimum absolute atomic E-state index is 0.0456. The summed E-state index contributed by atoms with van der Waals surface area (Å²) in [5, 5.41) is 0. The number of hydrogen-bond donors (Lipinski definition) is 0. The van der Waals surface area contributed by atoms with Gasteiger partial charge in [-0.05, 0) is 17.5 Å². The number of ether oxygens (including phenoxy) is 3. The summed E-state index contributed by atoms with van der Waals surface area (Å²) in [5.74, 6) is 6.26. The Kier molecular flexibility index (Phi) is 9.06. The lowest BCUT2D eigenvalue weighted by Crippen LogP contribution is -2.36. The molecule has 0 unspecified atom stereocenters. The molecule has 0 atom stereocenters. The molecule has 1 fully saturated rings. The summed E-state index contributed by atoms with van der Waals surface area (Å²) in [5.41, 5.74) is 2.34. The molecule has 1 aliphatic rings. The molecule has 148 valence electrons. The Balaban J connectivity index is 1.35. The highest BCUT2D eigenvalue weighted by Crippen LogP contribution is 2.25. The second kappa shape index (κ2) is 12.3. The predicted molar refractivity (Wildman–Crippen MR) is 111 cm³/mol. The third-order valence-electron chi connectivity index (χ3n) is 4.63. The van der Waals surface area contributed by atoms with E-state index in [9.17, 15) is 0 Å². The molecule has 0 spiro atoms. The second-order valence-corrected chi connectivity index (χ2v) is 6.72. The van der Waals surface area contributed by atoms with Gasteiger partial charge in [-0.25, -0.2) is 0 Å². The SMILES string of the molecule is C(#CCN1CCOCC1)COCCCOC(c1ccccc1)c1ccccc1. The van der Waals surface area contributed by atoms with Crippen LogP contribution in [0.4, 0.5) is 0 Å². The topological polar surface area (TPSA) is 30.9 Å². The van der Waals surface area contributed by atoms with Crippen molar-refractivity contribution < 1.29 is 14.2 Å². The van der Waals surface area contributed by atoms with E-state index in [4.69, 9.17) is 14.2 Å². The first-order chi connectivity index (χ1) is 13.9. The third-order valence-corrected chi connectivity index (χ3v) is 4.63. The minimum atomic E-state index is -0.0456. The van der Waals surface area contributed by atoms with Crippen molar-refractivity contribution in [1.82, 2.24) is 4.90 Å². The molecule has 28 heavy (non-hydrogen) atoms. The van der Waals surface area contributed by atoms with Crippen LogP contribution in [0.2, 0.25) is 0 Å². The highest BCUT2D eigenvalue weighted by atomic mass is 16.5. The summed E-state index contributed by atoms with van der Waals surface area (Å²) in [6, 6.07) is 20.7. The van der Waals surface area contributed by atoms with Gasteiger partial charge in [0.25, 0.3) is 0 Å². The molecule has 2 aromatic rings. The van der Waals surface area contributed by atoms with Gasteiger partial charge in [0.1, 0.15) is 12.7 Å². The van der Waals surface area contributed by atoms with Gasteiger partial charge in [0.05, 0.1) is 33.0 Å². The standard InChI is InChI=1S/C24H29NO3/c1-3-10-22(11-4-1)24(23-12-5-2-6-13-23)28-19-9-18-26-17-8-7-14-25-15-20-27-21-16-25/h1-6,10-13,24H,9,14-21H2. The van der Waals surface area contributed by atoms with E-state index in [2.05, 4.69) is 41.0 Å². The van der Waals surface area contributed by atoms with Crippen molar-refractivity contribution in [1.29, 1.82) is 0 Å². The van der Waals surface area contributed by atoms with Crippen LogP contribution in [0.3, 0.4) is 0 Å². The van der Waals surface area contributed by atoms with Gasteiger partial charge >= 0.3 is 0 Å². The number of nitrogens with zero attached hydrogens (tertiary/aromatic N) is 1. The molecule has 1 aliphatic heterocycles. The van der Waals surface area contributed by atoms with Crippen molar-refractivity contribution in [2.75, 3.05) is 52.7 Å². The lowest BCUT2D eigenvalue weighted by Gasteiger charge is -2.24. The normalized spacial score (nSPS) is 14.6. The third kappa shape index (κ3) is 7.10. The highest BCUT2D eigenvalue weighted by Gasteiger charge is 2.13. The van der Waals surface area contributed by atoms with Crippen molar-refractivity contribution in [2.24, 2.45) is 0 Å². The van der Waals surface area contributed by atoms with Crippen molar-refractivity contribution in [3.05, 3.63) is 71.8 Å². The van der Waals surface area contributed by atoms with Gasteiger partial charge in [0, 0.05) is 13.1 Å². The molecule has 4 heteroatoms. The molecule has 0 N–H and O–H groups in total. The molecular weight excluding hydrogens is 350 g/mol. The first-order valence-corrected chi connectivity index (χ1v) is 9.98. The maximum Gasteiger partial charge on any atom is 0.108 e. The average Bonchev–Trinajstić information content (AvgIpc) is 2.77. The molecule has 1 heterocycles. The summed E-state index contributed by atoms with van der Waals surface area (Å²) >= 11 is 0. The number of rotatable bonds is 9. The van der Waals surface area contributed by atoms with Crippen LogP contribution in [0, 0.1) is 11.8 Å². The fraction of sp³-hybridized carbons (Fsp3) is 0.417. The Bertz CT molecular complexity index is 678. The summed E-state index contributed by atoms with van der Waals surface area (Å²) in [7, 11) is 0. The fourth-order valence-electron chi connectivity index (χ4n) is 3.10. The Morgan fingerprint density at radius 2 is 1.50 bits per heavy atom. The Labute approximate surface area is 168 Å². The molecule has 0 radical (unpaired) electrons. The first kappa shape index (κ1) is 20.6. The molecule has 0 aliphatic carbocycles. The van der Waals surface area contributed by atoms with Gasteiger partial charge in [-0.2, -0.15) is 0 Å². The van der Waals surface area contributed by atoms with Crippen molar-refractivity contribution in [3.8, 4) is 11.8 Å². The van der Waals surface area contributed by atoms with Gasteiger partial charge in [-0.3, -0.25) is 4.90 Å². The summed E-state index contributed by atoms with van der Waals surface area (Å²) in [4.78, 5) is 2.30. The average molecular weight is 380 g/mol. The predicted octanol–water partition coefficient (Wildman–Crippen LogP) is 3.53. The zero-order valence-corrected chi connectivity index (χ0v) is 16.4. The van der Waals surface area contributed by atoms with Crippen LogP contribution in [0.15, 0.2) is 60.7 Å². The second-order valence-electron chi connectivity index (χ2n) is 6.72. The smallest absolute Gasteiger partial charge is 0.108 e. The molecule has 0 saturated carbocycles. The molecule has 1 saturated heterocycles. The van der Waals surface area contributed by atoms with Crippen molar-refractivity contribution >= 4 is 0 Å². The van der Waals surface area contributed by atoms with Crippen LogP contribution in [0.25, 0.3) is 0 Å². The van der Waals surface area contributed by atoms with E-state index in [1.165, 1.54) is 11.1 Å². The highest BCUT2D eigenvalue weighted by molar-refractivity contribution is 5.29. The minimum Gasteiger partial charge on any atom is -0.379 e. The van der Waals surface area contributed by atoms with Crippen LogP contribution in [0.1, 0.15) is 23.7 Å². The molecule has 0 bridgehead atoms. The van der Waals surface area contributed by atoms with Crippen LogP contribution in [0.5, 0.6) is 0 Å². The molecular formula is C24H29NO3. The van der Waals surface area contributed by atoms with Crippen LogP contribution >= 0.6 is 0 Å². The summed E-state index contributed by atoms with van der Waals surface area (Å²) in [6.45, 7) is 6.14. The van der Waals surface area contributed by atoms with Crippen LogP contribution in [-0.2, 0) is 14.2 Å². The maximum absolute atomic E-state index is 6.19. The molecule has 0 aromatic heterocycles. The molecule has 0 amide bonds. The van der Waals surface area contributed by atoms with Gasteiger partial charge in [0.15, 0.2) is 0 Å². The molecule has 4 nitrogen and oxygen atoms in total. The Morgan fingerprint density at radius 1 is 0.857 bits per heavy atom. The fourth-order valence-corrected chi connectivity index (χ4v) is 3.10. The van der Waals surface area contributed by atoms with Crippen LogP contribution < -0.4 is 0 Å². The van der Waals surface area contributed by atoms with E-state index in [0.29, 0.717) is 19.8 Å². The number of benzene rings is 2. The van der Waals surface area contributed by atoms with E-state index >= 15 is 0 Å². The van der Waals surface area contributed by atoms with E-state index < -0.39 is 0 Å². The lowest BCUT2D eigenvalue weighted by atomic mass is 10.0. The summed E-state index contributed by atoms with van der Waals surface area (Å²) < 4.78 is 17.1. The van der Waals surface area contributed by atoms with E-state index in [-0.39, 0.29) is 6.10 Å². The van der Waals surface area contributed by atoms with E-state index in [1.807, 2.05) is 36.4 Å². The molecule has 3 rings (SSSR count). The largest absolute Gasteiger partial charge is 0.379 e. The molecule has 2 aromatic carbocycles. The van der Waals surface area contributed by atoms with E-state index in [1.54, 1.807) is 0 Å². The Morgan fingerprint density at radius 3 is 2.14 bits per heavy atom. The van der Waals surface area contributed by atoms with Gasteiger partial charge in [-0.1, -0.05) is 72.5 Å². The maximum atomic E-state index is 6.19. The Hall–Kier alpha value is -2.16. The first-order valence-electron chi connectivity index (χ1n) is 9.98. The van der Waals surface area contributed by atoms with Crippen molar-refractivity contribution in [3.63, 3.8) is 0 Å². The van der Waals surface area contributed by atoms with Crippen molar-refractivity contribution in [2.45, 2.75) is 12.5 Å². The number of morpholine rings is 1. The lowest BCUT2D eigenvalue weighted by molar-refractivity contribution is 0.0443. The van der Waals surface area contributed by atoms with E-state index in [0.717, 1.165) is 39.3 Å². The van der Waals surface area contributed by atoms with Gasteiger partial charge < -0.3 is 14.2 Å². The quantitative estimate of drug-likeness (QED) is 0.493.